The van der Waals surface area contributed by atoms with Gasteiger partial charge >= 0.3 is 418 Å². The van der Waals surface area contributed by atoms with Gasteiger partial charge in [-0.1, -0.05) is 0 Å². The van der Waals surface area contributed by atoms with Crippen LogP contribution >= 0.6 is 0 Å². The van der Waals surface area contributed by atoms with E-state index >= 15 is 0 Å². The van der Waals surface area contributed by atoms with Gasteiger partial charge in [-0.25, -0.2) is 0 Å². The van der Waals surface area contributed by atoms with Crippen molar-refractivity contribution in [3.05, 3.63) is 0 Å². The fourth-order valence-electron chi connectivity index (χ4n) is 13.5. The van der Waals surface area contributed by atoms with Crippen LogP contribution in [0.1, 0.15) is 0 Å². The summed E-state index contributed by atoms with van der Waals surface area (Å²) >= 11 is 8.34. The molecule has 0 bridgehead atoms. The molecule has 0 amide bonds. The second kappa shape index (κ2) is 20.6. The maximum absolute atomic E-state index is 2.59. The van der Waals surface area contributed by atoms with Crippen molar-refractivity contribution in [2.24, 2.45) is 0 Å². The Balaban J connectivity index is -0.000000322. The molecule has 0 unspecified atom stereocenters. The topological polar surface area (TPSA) is 0 Å². The zero-order chi connectivity index (χ0) is 48.0. The van der Waals surface area contributed by atoms with E-state index in [2.05, 4.69) is 310 Å². The summed E-state index contributed by atoms with van der Waals surface area (Å²) in [5.74, 6) is 0. The zero-order valence-corrected chi connectivity index (χ0v) is 68.0. The summed E-state index contributed by atoms with van der Waals surface area (Å²) in [4.78, 5) is 0. The first kappa shape index (κ1) is 67.7. The Morgan fingerprint density at radius 3 is 0.179 bits per heavy atom. The van der Waals surface area contributed by atoms with E-state index in [1.54, 1.807) is 0 Å². The molecular weight excluding hydrogens is 1100 g/mol. The molecule has 0 aliphatic carbocycles. The summed E-state index contributed by atoms with van der Waals surface area (Å²) < 4.78 is 3.17. The Hall–Kier alpha value is 5.15. The van der Waals surface area contributed by atoms with E-state index in [0.29, 0.717) is 0 Å². The third-order valence-corrected chi connectivity index (χ3v) is 162. The van der Waals surface area contributed by atoms with E-state index in [1.165, 1.54) is 0 Å². The summed E-state index contributed by atoms with van der Waals surface area (Å²) in [6.45, 7) is 93.2. The Bertz CT molecular complexity index is 867. The molecule has 0 aliphatic heterocycles. The molecule has 0 saturated carbocycles. The van der Waals surface area contributed by atoms with Crippen LogP contribution in [0.25, 0.3) is 0 Å². The fourth-order valence-corrected chi connectivity index (χ4v) is 122. The minimum absolute atomic E-state index is 0.792. The van der Waals surface area contributed by atoms with E-state index in [4.69, 9.17) is 0 Å². The third-order valence-electron chi connectivity index (χ3n) is 14.2. The molecule has 0 atom stereocenters. The van der Waals surface area contributed by atoms with Gasteiger partial charge in [-0.3, -0.25) is 0 Å². The molecule has 0 aromatic carbocycles. The van der Waals surface area contributed by atoms with Crippen LogP contribution in [-0.2, 0) is 0 Å². The van der Waals surface area contributed by atoms with Gasteiger partial charge in [0.25, 0.3) is 0 Å². The second-order valence-electron chi connectivity index (χ2n) is 30.2. The molecule has 0 aromatic rings. The molecular formula is C40H108Ga4Si12. The first-order chi connectivity index (χ1) is 23.0. The van der Waals surface area contributed by atoms with Gasteiger partial charge in [0.1, 0.15) is 0 Å². The van der Waals surface area contributed by atoms with Gasteiger partial charge < -0.3 is 0 Å². The van der Waals surface area contributed by atoms with Gasteiger partial charge in [-0.15, -0.1) is 0 Å². The molecule has 0 N–H and O–H groups in total. The molecule has 0 aromatic heterocycles. The Kier molecular flexibility index (Phi) is 24.9. The summed E-state index contributed by atoms with van der Waals surface area (Å²) in [7, 11) is -12.4. The standard InChI is InChI=1S/4C10H27Si3.4Ga/c4*1-11(2,3)10(12(4,5)6)13(7,8)9;;;;/h4*1-9H3;;;;. The van der Waals surface area contributed by atoms with E-state index in [9.17, 15) is 0 Å². The second-order valence-corrected chi connectivity index (χ2v) is 122. The average Bonchev–Trinajstić information content (AvgIpc) is 2.79. The molecule has 0 spiro atoms. The quantitative estimate of drug-likeness (QED) is 0.171. The van der Waals surface area contributed by atoms with Gasteiger partial charge in [0.15, 0.2) is 0 Å². The van der Waals surface area contributed by atoms with Crippen LogP contribution in [0.5, 0.6) is 0 Å². The van der Waals surface area contributed by atoms with Crippen molar-refractivity contribution in [3.8, 4) is 0 Å². The van der Waals surface area contributed by atoms with Crippen molar-refractivity contribution < 1.29 is 0 Å². The molecule has 0 heterocycles. The molecule has 0 aliphatic rings. The SMILES string of the molecule is C[Si](C)(C)[C]([Ga])([Si](C)(C)C)[Si](C)(C)C.C[Si](C)(C)[C]([Ga])([Si](C)(C)C)[Si](C)(C)C.C[Si](C)(C)[C]([Ga])([Si](C)(C)C)[Si](C)(C)C.C[Si](C)(C)[C]([Ga])([Si](C)(C)C)[Si](C)(C)C. The van der Waals surface area contributed by atoms with E-state index in [-0.39, 0.29) is 0 Å². The first-order valence-electron chi connectivity index (χ1n) is 22.2. The van der Waals surface area contributed by atoms with Crippen LogP contribution in [0.4, 0.5) is 0 Å². The van der Waals surface area contributed by atoms with Crippen LogP contribution in [0.15, 0.2) is 0 Å². The van der Waals surface area contributed by atoms with Crippen LogP contribution in [0, 0.1) is 0 Å². The van der Waals surface area contributed by atoms with Gasteiger partial charge in [-0.05, 0) is 0 Å². The van der Waals surface area contributed by atoms with Gasteiger partial charge in [-0.2, -0.15) is 0 Å². The normalized spacial score (nSPS) is 15.8. The van der Waals surface area contributed by atoms with Crippen molar-refractivity contribution in [2.45, 2.75) is 247 Å². The predicted octanol–water partition coefficient (Wildman–Crippen LogP) is 15.8. The van der Waals surface area contributed by atoms with Crippen molar-refractivity contribution >= 4 is 171 Å². The summed E-state index contributed by atoms with van der Waals surface area (Å²) in [6.07, 6.45) is 0. The number of hydrogen-bond acceptors (Lipinski definition) is 0. The minimum atomic E-state index is -1.03. The van der Waals surface area contributed by atoms with Crippen LogP contribution in [0.2, 0.25) is 247 Å². The Morgan fingerprint density at radius 1 is 0.143 bits per heavy atom. The maximum atomic E-state index is 2.59. The number of hydrogen-bond donors (Lipinski definition) is 0. The molecule has 328 valence electrons. The molecule has 0 fully saturated rings. The van der Waals surface area contributed by atoms with Crippen molar-refractivity contribution in [1.29, 1.82) is 0 Å². The van der Waals surface area contributed by atoms with Gasteiger partial charge in [0.2, 0.25) is 0 Å². The third kappa shape index (κ3) is 15.6. The van der Waals surface area contributed by atoms with Crippen molar-refractivity contribution in [2.75, 3.05) is 0 Å². The van der Waals surface area contributed by atoms with Gasteiger partial charge in [0.05, 0.1) is 0 Å². The van der Waals surface area contributed by atoms with Crippen molar-refractivity contribution in [3.63, 3.8) is 0 Å². The molecule has 16 heteroatoms. The van der Waals surface area contributed by atoms with Crippen LogP contribution in [0.3, 0.4) is 0 Å². The monoisotopic (exact) mass is 1200 g/mol. The predicted molar refractivity (Wildman–Crippen MR) is 314 cm³/mol. The van der Waals surface area contributed by atoms with E-state index < -0.39 is 96.9 Å². The van der Waals surface area contributed by atoms with Crippen LogP contribution in [-0.4, -0.2) is 171 Å². The Morgan fingerprint density at radius 2 is 0.179 bits per heavy atom. The van der Waals surface area contributed by atoms with Crippen LogP contribution < -0.4 is 0 Å². The molecule has 8 radical (unpaired) electrons. The van der Waals surface area contributed by atoms with Crippen molar-refractivity contribution in [1.82, 2.24) is 0 Å². The summed E-state index contributed by atoms with van der Waals surface area (Å²) in [5.41, 5.74) is 0. The fraction of sp³-hybridized carbons (Fsp3) is 1.00. The molecule has 56 heavy (non-hydrogen) atoms. The molecule has 0 saturated heterocycles. The summed E-state index contributed by atoms with van der Waals surface area (Å²) in [5, 5.41) is 0. The summed E-state index contributed by atoms with van der Waals surface area (Å²) in [6, 6.07) is 0. The van der Waals surface area contributed by atoms with Gasteiger partial charge in [0, 0.05) is 0 Å². The zero-order valence-electron chi connectivity index (χ0n) is 46.3. The number of rotatable bonds is 12. The molecule has 0 nitrogen and oxygen atoms in total. The Labute approximate surface area is 413 Å². The van der Waals surface area contributed by atoms with E-state index in [1.807, 2.05) is 0 Å². The first-order valence-corrected chi connectivity index (χ1v) is 69.0. The molecule has 0 rings (SSSR count). The average molecular weight is 1210 g/mol. The van der Waals surface area contributed by atoms with E-state index in [0.717, 1.165) is 11.4 Å².